The van der Waals surface area contributed by atoms with Crippen LogP contribution >= 0.6 is 0 Å². The van der Waals surface area contributed by atoms with Crippen LogP contribution in [0.5, 0.6) is 0 Å². The molecule has 90 valence electrons. The van der Waals surface area contributed by atoms with Gasteiger partial charge in [0.15, 0.2) is 0 Å². The Balaban J connectivity index is 2.39. The number of aliphatic carboxylic acids is 1. The summed E-state index contributed by atoms with van der Waals surface area (Å²) >= 11 is 0. The van der Waals surface area contributed by atoms with E-state index in [0.29, 0.717) is 24.1 Å². The lowest BCUT2D eigenvalue weighted by atomic mass is 9.96. The maximum atomic E-state index is 13.7. The van der Waals surface area contributed by atoms with Crippen molar-refractivity contribution in [2.75, 3.05) is 13.6 Å². The Labute approximate surface area is 99.2 Å². The Morgan fingerprint density at radius 1 is 1.47 bits per heavy atom. The maximum Gasteiger partial charge on any atom is 0.331 e. The summed E-state index contributed by atoms with van der Waals surface area (Å²) in [7, 11) is 1.87. The summed E-state index contributed by atoms with van der Waals surface area (Å²) in [5, 5.41) is 8.98. The molecular weight excluding hydrogens is 221 g/mol. The van der Waals surface area contributed by atoms with Gasteiger partial charge in [0, 0.05) is 17.7 Å². The van der Waals surface area contributed by atoms with Gasteiger partial charge in [-0.2, -0.15) is 0 Å². The zero-order valence-corrected chi connectivity index (χ0v) is 9.56. The van der Waals surface area contributed by atoms with E-state index in [1.165, 1.54) is 6.07 Å². The van der Waals surface area contributed by atoms with Crippen molar-refractivity contribution in [1.29, 1.82) is 0 Å². The van der Waals surface area contributed by atoms with E-state index < -0.39 is 5.97 Å². The minimum Gasteiger partial charge on any atom is -0.478 e. The van der Waals surface area contributed by atoms with Crippen molar-refractivity contribution in [3.8, 4) is 0 Å². The number of carboxylic acid groups (broad SMARTS) is 1. The highest BCUT2D eigenvalue weighted by molar-refractivity contribution is 5.86. The molecule has 0 fully saturated rings. The average Bonchev–Trinajstić information content (AvgIpc) is 2.30. The van der Waals surface area contributed by atoms with Crippen LogP contribution in [0, 0.1) is 5.82 Å². The molecule has 4 heteroatoms. The Kier molecular flexibility index (Phi) is 3.24. The highest BCUT2D eigenvalue weighted by Crippen LogP contribution is 2.29. The van der Waals surface area contributed by atoms with E-state index in [4.69, 9.17) is 5.11 Å². The average molecular weight is 235 g/mol. The van der Waals surface area contributed by atoms with Crippen molar-refractivity contribution in [2.45, 2.75) is 12.5 Å². The fraction of sp³-hybridized carbons (Fsp3) is 0.308. The lowest BCUT2D eigenvalue weighted by molar-refractivity contribution is -0.133. The summed E-state index contributed by atoms with van der Waals surface area (Å²) in [5.74, 6) is -1.22. The molecule has 1 aromatic rings. The molecule has 0 amide bonds. The molecule has 1 unspecified atom stereocenters. The molecule has 0 spiro atoms. The van der Waals surface area contributed by atoms with Crippen molar-refractivity contribution in [2.24, 2.45) is 0 Å². The van der Waals surface area contributed by atoms with Crippen LogP contribution in [0.4, 0.5) is 4.39 Å². The summed E-state index contributed by atoms with van der Waals surface area (Å²) in [4.78, 5) is 12.9. The largest absolute Gasteiger partial charge is 0.478 e. The molecule has 1 aromatic carbocycles. The maximum absolute atomic E-state index is 13.7. The van der Waals surface area contributed by atoms with Crippen molar-refractivity contribution in [3.05, 3.63) is 47.3 Å². The molecular formula is C13H14FNO2. The number of nitrogens with zero attached hydrogens (tertiary/aromatic N) is 1. The normalized spacial score (nSPS) is 21.1. The quantitative estimate of drug-likeness (QED) is 0.854. The number of halogens is 1. The zero-order valence-electron chi connectivity index (χ0n) is 9.56. The molecule has 0 saturated carbocycles. The van der Waals surface area contributed by atoms with Crippen LogP contribution in [0.3, 0.4) is 0 Å². The van der Waals surface area contributed by atoms with Crippen LogP contribution in [-0.4, -0.2) is 29.6 Å². The minimum absolute atomic E-state index is 0.295. The van der Waals surface area contributed by atoms with Gasteiger partial charge in [-0.05, 0) is 19.5 Å². The third kappa shape index (κ3) is 2.36. The number of carboxylic acids is 1. The molecule has 0 aliphatic carbocycles. The van der Waals surface area contributed by atoms with Gasteiger partial charge >= 0.3 is 5.97 Å². The second-order valence-corrected chi connectivity index (χ2v) is 4.19. The van der Waals surface area contributed by atoms with Crippen LogP contribution < -0.4 is 0 Å². The molecule has 0 bridgehead atoms. The molecule has 0 radical (unpaired) electrons. The van der Waals surface area contributed by atoms with Crippen LogP contribution in [0.25, 0.3) is 0 Å². The number of hydrogen-bond donors (Lipinski definition) is 1. The first-order valence-corrected chi connectivity index (χ1v) is 5.48. The Bertz CT molecular complexity index is 470. The molecule has 1 aliphatic rings. The van der Waals surface area contributed by atoms with Crippen LogP contribution in [0.2, 0.25) is 0 Å². The third-order valence-corrected chi connectivity index (χ3v) is 3.07. The van der Waals surface area contributed by atoms with E-state index in [1.807, 2.05) is 11.9 Å². The number of likely N-dealkylation sites (N-methyl/N-ethyl adjacent to an activating group) is 1. The number of carbonyl (C=O) groups is 1. The number of rotatable bonds is 2. The molecule has 1 aliphatic heterocycles. The van der Waals surface area contributed by atoms with Gasteiger partial charge in [-0.25, -0.2) is 9.18 Å². The van der Waals surface area contributed by atoms with Crippen molar-refractivity contribution < 1.29 is 14.3 Å². The van der Waals surface area contributed by atoms with Gasteiger partial charge < -0.3 is 5.11 Å². The second kappa shape index (κ2) is 4.67. The number of benzene rings is 1. The molecule has 2 rings (SSSR count). The van der Waals surface area contributed by atoms with Gasteiger partial charge in [0.05, 0.1) is 6.04 Å². The summed E-state index contributed by atoms with van der Waals surface area (Å²) in [5.41, 5.74) is 0.879. The SMILES string of the molecule is CN1CCC(C(=O)O)=CC1c1ccccc1F. The first kappa shape index (κ1) is 11.8. The molecule has 1 atom stereocenters. The van der Waals surface area contributed by atoms with Crippen LogP contribution in [0.1, 0.15) is 18.0 Å². The molecule has 17 heavy (non-hydrogen) atoms. The number of hydrogen-bond acceptors (Lipinski definition) is 2. The second-order valence-electron chi connectivity index (χ2n) is 4.19. The predicted molar refractivity (Wildman–Crippen MR) is 62.1 cm³/mol. The fourth-order valence-corrected chi connectivity index (χ4v) is 2.06. The zero-order chi connectivity index (χ0) is 12.4. The van der Waals surface area contributed by atoms with E-state index in [1.54, 1.807) is 24.3 Å². The Hall–Kier alpha value is -1.68. The topological polar surface area (TPSA) is 40.5 Å². The predicted octanol–water partition coefficient (Wildman–Crippen LogP) is 2.21. The van der Waals surface area contributed by atoms with Gasteiger partial charge in [0.2, 0.25) is 0 Å². The van der Waals surface area contributed by atoms with Crippen LogP contribution in [-0.2, 0) is 4.79 Å². The summed E-state index contributed by atoms with van der Waals surface area (Å²) in [6.07, 6.45) is 2.13. The van der Waals surface area contributed by atoms with Gasteiger partial charge in [0.25, 0.3) is 0 Å². The van der Waals surface area contributed by atoms with E-state index in [0.717, 1.165) is 0 Å². The first-order chi connectivity index (χ1) is 8.09. The Morgan fingerprint density at radius 2 is 2.18 bits per heavy atom. The lowest BCUT2D eigenvalue weighted by Crippen LogP contribution is -2.30. The summed E-state index contributed by atoms with van der Waals surface area (Å²) in [6, 6.07) is 6.18. The van der Waals surface area contributed by atoms with Gasteiger partial charge in [-0.3, -0.25) is 4.90 Å². The summed E-state index contributed by atoms with van der Waals surface area (Å²) < 4.78 is 13.7. The minimum atomic E-state index is -0.917. The van der Waals surface area contributed by atoms with Gasteiger partial charge in [-0.1, -0.05) is 24.3 Å². The van der Waals surface area contributed by atoms with Crippen LogP contribution in [0.15, 0.2) is 35.9 Å². The van der Waals surface area contributed by atoms with Crippen molar-refractivity contribution in [1.82, 2.24) is 4.90 Å². The molecule has 0 saturated heterocycles. The fourth-order valence-electron chi connectivity index (χ4n) is 2.06. The highest BCUT2D eigenvalue weighted by atomic mass is 19.1. The van der Waals surface area contributed by atoms with E-state index in [9.17, 15) is 9.18 Å². The molecule has 3 nitrogen and oxygen atoms in total. The molecule has 1 N–H and O–H groups in total. The molecule has 1 heterocycles. The van der Waals surface area contributed by atoms with E-state index in [2.05, 4.69) is 0 Å². The lowest BCUT2D eigenvalue weighted by Gasteiger charge is -2.30. The highest BCUT2D eigenvalue weighted by Gasteiger charge is 2.24. The molecule has 0 aromatic heterocycles. The summed E-state index contributed by atoms with van der Waals surface area (Å²) in [6.45, 7) is 0.622. The van der Waals surface area contributed by atoms with Gasteiger partial charge in [0.1, 0.15) is 5.82 Å². The third-order valence-electron chi connectivity index (χ3n) is 3.07. The van der Waals surface area contributed by atoms with E-state index in [-0.39, 0.29) is 11.9 Å². The smallest absolute Gasteiger partial charge is 0.331 e. The first-order valence-electron chi connectivity index (χ1n) is 5.48. The van der Waals surface area contributed by atoms with E-state index >= 15 is 0 Å². The van der Waals surface area contributed by atoms with Gasteiger partial charge in [-0.15, -0.1) is 0 Å². The standard InChI is InChI=1S/C13H14FNO2/c1-15-7-6-9(13(16)17)8-12(15)10-4-2-3-5-11(10)14/h2-5,8,12H,6-7H2,1H3,(H,16,17). The monoisotopic (exact) mass is 235 g/mol. The Morgan fingerprint density at radius 3 is 2.82 bits per heavy atom. The van der Waals surface area contributed by atoms with Crippen molar-refractivity contribution in [3.63, 3.8) is 0 Å². The van der Waals surface area contributed by atoms with Crippen molar-refractivity contribution >= 4 is 5.97 Å².